The van der Waals surface area contributed by atoms with Crippen LogP contribution in [0.2, 0.25) is 0 Å². The first kappa shape index (κ1) is 38.9. The molecule has 0 aliphatic rings. The van der Waals surface area contributed by atoms with E-state index in [9.17, 15) is 15.0 Å². The van der Waals surface area contributed by atoms with Gasteiger partial charge in [-0.3, -0.25) is 4.79 Å². The minimum Gasteiger partial charge on any atom is -0.394 e. The van der Waals surface area contributed by atoms with Gasteiger partial charge in [-0.1, -0.05) is 173 Å². The Morgan fingerprint density at radius 3 is 1.35 bits per heavy atom. The van der Waals surface area contributed by atoms with E-state index >= 15 is 0 Å². The monoisotopic (exact) mass is 564 g/mol. The van der Waals surface area contributed by atoms with Crippen molar-refractivity contribution in [3.8, 4) is 0 Å². The van der Waals surface area contributed by atoms with Crippen LogP contribution in [0.1, 0.15) is 181 Å². The van der Waals surface area contributed by atoms with E-state index in [0.29, 0.717) is 6.42 Å². The van der Waals surface area contributed by atoms with Crippen LogP contribution in [0.5, 0.6) is 0 Å². The van der Waals surface area contributed by atoms with E-state index in [4.69, 9.17) is 0 Å². The first-order valence-corrected chi connectivity index (χ1v) is 17.6. The molecule has 0 aliphatic carbocycles. The minimum absolute atomic E-state index is 0.162. The maximum atomic E-state index is 11.4. The lowest BCUT2D eigenvalue weighted by Gasteiger charge is -2.19. The molecule has 0 saturated carbocycles. The Balaban J connectivity index is 3.32. The van der Waals surface area contributed by atoms with Crippen molar-refractivity contribution in [3.05, 3.63) is 24.3 Å². The van der Waals surface area contributed by atoms with Crippen molar-refractivity contribution in [2.75, 3.05) is 6.61 Å². The SMILES string of the molecule is CCCCCCCCCCCCCCCCCCCCCCCC/C=C/CC/C=C/C(O)C(CO)NC(=O)CC. The van der Waals surface area contributed by atoms with Crippen LogP contribution in [0.25, 0.3) is 0 Å². The summed E-state index contributed by atoms with van der Waals surface area (Å²) in [6, 6.07) is -0.631. The predicted molar refractivity (Wildman–Crippen MR) is 175 cm³/mol. The average Bonchev–Trinajstić information content (AvgIpc) is 2.96. The lowest BCUT2D eigenvalue weighted by molar-refractivity contribution is -0.122. The van der Waals surface area contributed by atoms with Crippen LogP contribution in [0, 0.1) is 0 Å². The fourth-order valence-corrected chi connectivity index (χ4v) is 5.22. The molecule has 40 heavy (non-hydrogen) atoms. The molecule has 0 bridgehead atoms. The Bertz CT molecular complexity index is 574. The zero-order valence-corrected chi connectivity index (χ0v) is 26.9. The highest BCUT2D eigenvalue weighted by atomic mass is 16.3. The minimum atomic E-state index is -0.853. The number of nitrogens with one attached hydrogen (secondary N) is 1. The van der Waals surface area contributed by atoms with Gasteiger partial charge in [0.15, 0.2) is 0 Å². The van der Waals surface area contributed by atoms with E-state index in [1.54, 1.807) is 13.0 Å². The quantitative estimate of drug-likeness (QED) is 0.0580. The molecular formula is C36H69NO3. The summed E-state index contributed by atoms with van der Waals surface area (Å²) in [5.41, 5.74) is 0. The molecule has 0 aromatic carbocycles. The normalized spacial score (nSPS) is 13.4. The Kier molecular flexibility index (Phi) is 31.5. The summed E-state index contributed by atoms with van der Waals surface area (Å²) in [6.07, 6.45) is 41.9. The van der Waals surface area contributed by atoms with E-state index in [1.807, 2.05) is 6.08 Å². The first-order valence-electron chi connectivity index (χ1n) is 17.6. The second-order valence-electron chi connectivity index (χ2n) is 11.9. The van der Waals surface area contributed by atoms with Gasteiger partial charge in [0.2, 0.25) is 5.91 Å². The lowest BCUT2D eigenvalue weighted by Crippen LogP contribution is -2.44. The number of unbranched alkanes of at least 4 members (excludes halogenated alkanes) is 23. The molecule has 0 saturated heterocycles. The average molecular weight is 564 g/mol. The molecule has 4 heteroatoms. The van der Waals surface area contributed by atoms with Crippen molar-refractivity contribution >= 4 is 5.91 Å². The van der Waals surface area contributed by atoms with Gasteiger partial charge in [0.1, 0.15) is 0 Å². The van der Waals surface area contributed by atoms with Crippen LogP contribution in [0.4, 0.5) is 0 Å². The molecule has 0 aliphatic heterocycles. The number of carbonyl (C=O) groups excluding carboxylic acids is 1. The molecule has 0 fully saturated rings. The summed E-state index contributed by atoms with van der Waals surface area (Å²) in [4.78, 5) is 11.4. The topological polar surface area (TPSA) is 69.6 Å². The molecule has 0 rings (SSSR count). The zero-order chi connectivity index (χ0) is 29.4. The summed E-state index contributed by atoms with van der Waals surface area (Å²) < 4.78 is 0. The van der Waals surface area contributed by atoms with E-state index in [1.165, 1.54) is 141 Å². The van der Waals surface area contributed by atoms with E-state index in [0.717, 1.165) is 19.3 Å². The third-order valence-corrected chi connectivity index (χ3v) is 8.00. The van der Waals surface area contributed by atoms with Crippen molar-refractivity contribution in [3.63, 3.8) is 0 Å². The van der Waals surface area contributed by atoms with Crippen molar-refractivity contribution in [1.29, 1.82) is 0 Å². The number of aliphatic hydroxyl groups is 2. The number of hydrogen-bond acceptors (Lipinski definition) is 3. The molecule has 4 nitrogen and oxygen atoms in total. The molecule has 0 radical (unpaired) electrons. The molecule has 1 amide bonds. The first-order chi connectivity index (χ1) is 19.7. The number of amides is 1. The number of hydrogen-bond donors (Lipinski definition) is 3. The number of rotatable bonds is 31. The predicted octanol–water partition coefficient (Wildman–Crippen LogP) is 10.1. The standard InChI is InChI=1S/C36H69NO3/c1-3-5-6-7-8-9-10-11-12-13-14-15-16-17-18-19-20-21-22-23-24-25-26-27-28-29-30-31-32-35(39)34(33-38)37-36(40)4-2/h27-28,31-32,34-35,38-39H,3-26,29-30,33H2,1-2H3,(H,37,40)/b28-27+,32-31+. The van der Waals surface area contributed by atoms with E-state index < -0.39 is 12.1 Å². The van der Waals surface area contributed by atoms with Crippen molar-refractivity contribution in [1.82, 2.24) is 5.32 Å². The van der Waals surface area contributed by atoms with Gasteiger partial charge in [0.05, 0.1) is 18.8 Å². The molecule has 3 N–H and O–H groups in total. The van der Waals surface area contributed by atoms with Crippen LogP contribution in [-0.4, -0.2) is 34.9 Å². The van der Waals surface area contributed by atoms with Crippen molar-refractivity contribution < 1.29 is 15.0 Å². The van der Waals surface area contributed by atoms with Crippen LogP contribution in [-0.2, 0) is 4.79 Å². The Hall–Kier alpha value is -1.13. The summed E-state index contributed by atoms with van der Waals surface area (Å²) in [5, 5.41) is 22.0. The highest BCUT2D eigenvalue weighted by Crippen LogP contribution is 2.15. The third-order valence-electron chi connectivity index (χ3n) is 8.00. The van der Waals surface area contributed by atoms with Crippen molar-refractivity contribution in [2.24, 2.45) is 0 Å². The van der Waals surface area contributed by atoms with Gasteiger partial charge in [0, 0.05) is 6.42 Å². The van der Waals surface area contributed by atoms with Gasteiger partial charge >= 0.3 is 0 Å². The second-order valence-corrected chi connectivity index (χ2v) is 11.9. The molecule has 0 aromatic heterocycles. The maximum absolute atomic E-state index is 11.4. The van der Waals surface area contributed by atoms with Crippen LogP contribution >= 0.6 is 0 Å². The van der Waals surface area contributed by atoms with E-state index in [-0.39, 0.29) is 12.5 Å². The van der Waals surface area contributed by atoms with Gasteiger partial charge in [-0.05, 0) is 25.7 Å². The number of aliphatic hydroxyl groups excluding tert-OH is 2. The summed E-state index contributed by atoms with van der Waals surface area (Å²) >= 11 is 0. The fraction of sp³-hybridized carbons (Fsp3) is 0.861. The molecule has 2 atom stereocenters. The van der Waals surface area contributed by atoms with E-state index in [2.05, 4.69) is 24.4 Å². The molecule has 2 unspecified atom stereocenters. The van der Waals surface area contributed by atoms with Gasteiger partial charge in [0.25, 0.3) is 0 Å². The lowest BCUT2D eigenvalue weighted by atomic mass is 10.0. The van der Waals surface area contributed by atoms with Crippen LogP contribution in [0.3, 0.4) is 0 Å². The van der Waals surface area contributed by atoms with Gasteiger partial charge in [-0.25, -0.2) is 0 Å². The van der Waals surface area contributed by atoms with Gasteiger partial charge < -0.3 is 15.5 Å². The molecule has 0 aromatic rings. The Morgan fingerprint density at radius 2 is 0.950 bits per heavy atom. The highest BCUT2D eigenvalue weighted by Gasteiger charge is 2.17. The molecule has 0 heterocycles. The number of allylic oxidation sites excluding steroid dienone is 3. The summed E-state index contributed by atoms with van der Waals surface area (Å²) in [6.45, 7) is 3.78. The largest absolute Gasteiger partial charge is 0.394 e. The third kappa shape index (κ3) is 28.4. The van der Waals surface area contributed by atoms with Gasteiger partial charge in [-0.15, -0.1) is 0 Å². The molecule has 0 spiro atoms. The highest BCUT2D eigenvalue weighted by molar-refractivity contribution is 5.75. The van der Waals surface area contributed by atoms with Crippen LogP contribution in [0.15, 0.2) is 24.3 Å². The van der Waals surface area contributed by atoms with Crippen molar-refractivity contribution in [2.45, 2.75) is 193 Å². The maximum Gasteiger partial charge on any atom is 0.220 e. The second kappa shape index (κ2) is 32.4. The molecule has 236 valence electrons. The summed E-state index contributed by atoms with van der Waals surface area (Å²) in [5.74, 6) is -0.162. The molecular weight excluding hydrogens is 494 g/mol. The zero-order valence-electron chi connectivity index (χ0n) is 26.9. The Morgan fingerprint density at radius 1 is 0.575 bits per heavy atom. The van der Waals surface area contributed by atoms with Crippen LogP contribution < -0.4 is 5.32 Å². The fourth-order valence-electron chi connectivity index (χ4n) is 5.22. The smallest absolute Gasteiger partial charge is 0.220 e. The number of carbonyl (C=O) groups is 1. The van der Waals surface area contributed by atoms with Gasteiger partial charge in [-0.2, -0.15) is 0 Å². The summed E-state index contributed by atoms with van der Waals surface area (Å²) in [7, 11) is 0. The Labute approximate surface area is 249 Å².